The van der Waals surface area contributed by atoms with Gasteiger partial charge in [0.2, 0.25) is 5.91 Å². The summed E-state index contributed by atoms with van der Waals surface area (Å²) in [7, 11) is 1.52. The van der Waals surface area contributed by atoms with E-state index in [9.17, 15) is 9.59 Å². The van der Waals surface area contributed by atoms with Crippen LogP contribution in [0.1, 0.15) is 11.5 Å². The molecule has 1 aromatic carbocycles. The molecule has 0 aliphatic rings. The Kier molecular flexibility index (Phi) is 6.79. The molecule has 7 nitrogen and oxygen atoms in total. The maximum atomic E-state index is 11.9. The smallest absolute Gasteiger partial charge is 0.411 e. The molecule has 2 N–H and O–H groups in total. The van der Waals surface area contributed by atoms with Gasteiger partial charge in [0.15, 0.2) is 0 Å². The molecule has 0 aliphatic heterocycles. The standard InChI is InChI=1S/C18H20N2O5/c1-13-6-7-16(25-13)8-9-17(21)19-14-4-3-5-15(12-14)20-18(22)24-11-10-23-2/h3-9,12H,10-11H2,1-2H3,(H,19,21)(H,20,22)/b9-8+. The minimum atomic E-state index is -0.589. The number of nitrogens with one attached hydrogen (secondary N) is 2. The molecule has 1 aromatic heterocycles. The normalized spacial score (nSPS) is 10.6. The van der Waals surface area contributed by atoms with Crippen LogP contribution in [-0.2, 0) is 14.3 Å². The van der Waals surface area contributed by atoms with Crippen LogP contribution in [0.5, 0.6) is 0 Å². The van der Waals surface area contributed by atoms with E-state index in [4.69, 9.17) is 13.9 Å². The van der Waals surface area contributed by atoms with Gasteiger partial charge < -0.3 is 19.2 Å². The van der Waals surface area contributed by atoms with Crippen LogP contribution in [0.3, 0.4) is 0 Å². The van der Waals surface area contributed by atoms with Crippen molar-refractivity contribution in [3.63, 3.8) is 0 Å². The number of ether oxygens (including phenoxy) is 2. The van der Waals surface area contributed by atoms with Gasteiger partial charge in [0, 0.05) is 24.6 Å². The fourth-order valence-electron chi connectivity index (χ4n) is 1.93. The minimum Gasteiger partial charge on any atom is -0.462 e. The summed E-state index contributed by atoms with van der Waals surface area (Å²) in [5.74, 6) is 1.06. The average Bonchev–Trinajstić information content (AvgIpc) is 2.99. The van der Waals surface area contributed by atoms with Crippen LogP contribution in [-0.4, -0.2) is 32.3 Å². The van der Waals surface area contributed by atoms with Crippen molar-refractivity contribution in [1.82, 2.24) is 0 Å². The zero-order valence-corrected chi connectivity index (χ0v) is 14.1. The lowest BCUT2D eigenvalue weighted by atomic mass is 10.2. The lowest BCUT2D eigenvalue weighted by molar-refractivity contribution is -0.111. The number of furan rings is 1. The second-order valence-electron chi connectivity index (χ2n) is 5.11. The Labute approximate surface area is 145 Å². The lowest BCUT2D eigenvalue weighted by Crippen LogP contribution is -2.16. The van der Waals surface area contributed by atoms with Crippen molar-refractivity contribution < 1.29 is 23.5 Å². The van der Waals surface area contributed by atoms with Crippen molar-refractivity contribution in [3.8, 4) is 0 Å². The molecular weight excluding hydrogens is 324 g/mol. The number of hydrogen-bond donors (Lipinski definition) is 2. The van der Waals surface area contributed by atoms with E-state index in [0.29, 0.717) is 23.7 Å². The molecule has 1 heterocycles. The Balaban J connectivity index is 1.88. The summed E-state index contributed by atoms with van der Waals surface area (Å²) in [6.07, 6.45) is 2.36. The van der Waals surface area contributed by atoms with E-state index < -0.39 is 6.09 Å². The van der Waals surface area contributed by atoms with E-state index in [1.807, 2.05) is 13.0 Å². The molecule has 0 radical (unpaired) electrons. The SMILES string of the molecule is COCCOC(=O)Nc1cccc(NC(=O)/C=C/c2ccc(C)o2)c1. The number of amides is 2. The summed E-state index contributed by atoms with van der Waals surface area (Å²) in [5.41, 5.74) is 1.05. The summed E-state index contributed by atoms with van der Waals surface area (Å²) in [5, 5.41) is 5.28. The Bertz CT molecular complexity index is 751. The van der Waals surface area contributed by atoms with Crippen LogP contribution >= 0.6 is 0 Å². The molecule has 2 amide bonds. The van der Waals surface area contributed by atoms with Gasteiger partial charge in [-0.1, -0.05) is 6.07 Å². The van der Waals surface area contributed by atoms with E-state index in [-0.39, 0.29) is 12.5 Å². The molecular formula is C18H20N2O5. The van der Waals surface area contributed by atoms with Crippen molar-refractivity contribution in [1.29, 1.82) is 0 Å². The molecule has 2 aromatic rings. The van der Waals surface area contributed by atoms with E-state index in [1.54, 1.807) is 36.4 Å². The number of rotatable bonds is 7. The third-order valence-corrected chi connectivity index (χ3v) is 3.06. The van der Waals surface area contributed by atoms with Crippen LogP contribution in [0, 0.1) is 6.92 Å². The predicted molar refractivity (Wildman–Crippen MR) is 94.4 cm³/mol. The first-order valence-electron chi connectivity index (χ1n) is 7.65. The molecule has 2 rings (SSSR count). The monoisotopic (exact) mass is 344 g/mol. The highest BCUT2D eigenvalue weighted by atomic mass is 16.6. The fraction of sp³-hybridized carbons (Fsp3) is 0.222. The summed E-state index contributed by atoms with van der Waals surface area (Å²) in [6.45, 7) is 2.32. The molecule has 0 unspecified atom stereocenters. The fourth-order valence-corrected chi connectivity index (χ4v) is 1.93. The zero-order valence-electron chi connectivity index (χ0n) is 14.1. The second-order valence-corrected chi connectivity index (χ2v) is 5.11. The molecule has 0 atom stereocenters. The van der Waals surface area contributed by atoms with E-state index in [0.717, 1.165) is 5.76 Å². The van der Waals surface area contributed by atoms with Gasteiger partial charge in [0.1, 0.15) is 18.1 Å². The van der Waals surface area contributed by atoms with Crippen LogP contribution in [0.15, 0.2) is 46.9 Å². The van der Waals surface area contributed by atoms with Crippen LogP contribution in [0.2, 0.25) is 0 Å². The van der Waals surface area contributed by atoms with Crippen molar-refractivity contribution in [2.45, 2.75) is 6.92 Å². The maximum Gasteiger partial charge on any atom is 0.411 e. The average molecular weight is 344 g/mol. The molecule has 0 saturated carbocycles. The van der Waals surface area contributed by atoms with Gasteiger partial charge in [0.05, 0.1) is 6.61 Å². The minimum absolute atomic E-state index is 0.163. The summed E-state index contributed by atoms with van der Waals surface area (Å²) in [6, 6.07) is 10.3. The molecule has 0 aliphatic carbocycles. The van der Waals surface area contributed by atoms with Crippen molar-refractivity contribution in [3.05, 3.63) is 54.0 Å². The molecule has 7 heteroatoms. The van der Waals surface area contributed by atoms with Crippen LogP contribution in [0.25, 0.3) is 6.08 Å². The molecule has 0 spiro atoms. The van der Waals surface area contributed by atoms with Gasteiger partial charge in [0.25, 0.3) is 0 Å². The molecule has 0 saturated heterocycles. The summed E-state index contributed by atoms with van der Waals surface area (Å²) >= 11 is 0. The number of benzene rings is 1. The number of hydrogen-bond acceptors (Lipinski definition) is 5. The molecule has 0 bridgehead atoms. The van der Waals surface area contributed by atoms with Gasteiger partial charge in [-0.05, 0) is 43.3 Å². The van der Waals surface area contributed by atoms with Crippen molar-refractivity contribution >= 4 is 29.5 Å². The highest BCUT2D eigenvalue weighted by Gasteiger charge is 2.05. The Morgan fingerprint density at radius 3 is 2.56 bits per heavy atom. The summed E-state index contributed by atoms with van der Waals surface area (Å²) in [4.78, 5) is 23.5. The third-order valence-electron chi connectivity index (χ3n) is 3.06. The topological polar surface area (TPSA) is 89.8 Å². The largest absolute Gasteiger partial charge is 0.462 e. The van der Waals surface area contributed by atoms with Gasteiger partial charge in [-0.2, -0.15) is 0 Å². The number of carbonyl (C=O) groups is 2. The van der Waals surface area contributed by atoms with Crippen LogP contribution in [0.4, 0.5) is 16.2 Å². The predicted octanol–water partition coefficient (Wildman–Crippen LogP) is 3.43. The number of methoxy groups -OCH3 is 1. The van der Waals surface area contributed by atoms with Crippen molar-refractivity contribution in [2.75, 3.05) is 31.0 Å². The zero-order chi connectivity index (χ0) is 18.1. The van der Waals surface area contributed by atoms with Crippen LogP contribution < -0.4 is 10.6 Å². The summed E-state index contributed by atoms with van der Waals surface area (Å²) < 4.78 is 15.1. The Morgan fingerprint density at radius 1 is 1.12 bits per heavy atom. The molecule has 132 valence electrons. The first kappa shape index (κ1) is 18.3. The third kappa shape index (κ3) is 6.52. The van der Waals surface area contributed by atoms with Crippen molar-refractivity contribution in [2.24, 2.45) is 0 Å². The lowest BCUT2D eigenvalue weighted by Gasteiger charge is -2.08. The Morgan fingerprint density at radius 2 is 1.88 bits per heavy atom. The van der Waals surface area contributed by atoms with Gasteiger partial charge in [-0.25, -0.2) is 4.79 Å². The number of aryl methyl sites for hydroxylation is 1. The van der Waals surface area contributed by atoms with Gasteiger partial charge in [-0.3, -0.25) is 10.1 Å². The first-order chi connectivity index (χ1) is 12.1. The highest BCUT2D eigenvalue weighted by molar-refractivity contribution is 6.02. The molecule has 0 fully saturated rings. The number of anilines is 2. The van der Waals surface area contributed by atoms with Gasteiger partial charge >= 0.3 is 6.09 Å². The van der Waals surface area contributed by atoms with E-state index >= 15 is 0 Å². The number of carbonyl (C=O) groups excluding carboxylic acids is 2. The molecule has 25 heavy (non-hydrogen) atoms. The quantitative estimate of drug-likeness (QED) is 0.593. The maximum absolute atomic E-state index is 11.9. The highest BCUT2D eigenvalue weighted by Crippen LogP contribution is 2.15. The Hall–Kier alpha value is -3.06. The van der Waals surface area contributed by atoms with Gasteiger partial charge in [-0.15, -0.1) is 0 Å². The second kappa shape index (κ2) is 9.29. The van der Waals surface area contributed by atoms with E-state index in [1.165, 1.54) is 13.2 Å². The first-order valence-corrected chi connectivity index (χ1v) is 7.65. The van der Waals surface area contributed by atoms with E-state index in [2.05, 4.69) is 10.6 Å².